The summed E-state index contributed by atoms with van der Waals surface area (Å²) < 4.78 is 0. The van der Waals surface area contributed by atoms with Crippen LogP contribution in [-0.4, -0.2) is 44.5 Å². The Morgan fingerprint density at radius 3 is 2.75 bits per heavy atom. The number of carbonyl (C=O) groups excluding carboxylic acids is 1. The Labute approximate surface area is 102 Å². The first kappa shape index (κ1) is 11.8. The Hall–Kier alpha value is -0.660. The number of nitrogens with zero attached hydrogens (tertiary/aromatic N) is 1. The van der Waals surface area contributed by atoms with E-state index in [4.69, 9.17) is 5.11 Å². The maximum atomic E-state index is 11.7. The topological polar surface area (TPSA) is 77.8 Å². The molecule has 0 aliphatic carbocycles. The zero-order valence-corrected chi connectivity index (χ0v) is 10.1. The summed E-state index contributed by atoms with van der Waals surface area (Å²) in [5.74, 6) is -1.87. The van der Waals surface area contributed by atoms with Gasteiger partial charge >= 0.3 is 5.97 Å². The predicted molar refractivity (Wildman–Crippen MR) is 61.9 cm³/mol. The summed E-state index contributed by atoms with van der Waals surface area (Å²) in [5, 5.41) is 19.6. The number of hydrogen-bond acceptors (Lipinski definition) is 5. The third-order valence-corrected chi connectivity index (χ3v) is 4.63. The summed E-state index contributed by atoms with van der Waals surface area (Å²) in [4.78, 5) is 24.6. The summed E-state index contributed by atoms with van der Waals surface area (Å²) in [6.07, 6.45) is -0.755. The molecule has 4 atom stereocenters. The van der Waals surface area contributed by atoms with E-state index >= 15 is 0 Å². The molecule has 88 valence electrons. The fourth-order valence-corrected chi connectivity index (χ4v) is 3.88. The lowest BCUT2D eigenvalue weighted by atomic mass is 9.91. The summed E-state index contributed by atoms with van der Waals surface area (Å²) >= 11 is 5.23. The fourth-order valence-electron chi connectivity index (χ4n) is 2.04. The molecular formula is C9H11NO4S2. The number of carboxylic acids is 1. The van der Waals surface area contributed by atoms with Crippen molar-refractivity contribution in [3.05, 3.63) is 10.3 Å². The van der Waals surface area contributed by atoms with Gasteiger partial charge in [-0.15, -0.1) is 11.8 Å². The highest BCUT2D eigenvalue weighted by molar-refractivity contribution is 8.04. The minimum atomic E-state index is -1.06. The van der Waals surface area contributed by atoms with Crippen LogP contribution in [0.4, 0.5) is 0 Å². The number of aliphatic hydroxyl groups is 1. The second-order valence-corrected chi connectivity index (χ2v) is 5.24. The Bertz CT molecular complexity index is 382. The third kappa shape index (κ3) is 1.46. The molecule has 0 spiro atoms. The first-order valence-electron chi connectivity index (χ1n) is 4.73. The molecular weight excluding hydrogens is 250 g/mol. The van der Waals surface area contributed by atoms with Crippen LogP contribution in [0.1, 0.15) is 6.92 Å². The van der Waals surface area contributed by atoms with E-state index in [-0.39, 0.29) is 11.3 Å². The van der Waals surface area contributed by atoms with Gasteiger partial charge in [-0.25, -0.2) is 4.79 Å². The summed E-state index contributed by atoms with van der Waals surface area (Å²) in [7, 11) is 0. The second-order valence-electron chi connectivity index (χ2n) is 3.79. The molecule has 0 bridgehead atoms. The van der Waals surface area contributed by atoms with Crippen molar-refractivity contribution in [2.24, 2.45) is 5.92 Å². The number of thioether (sulfide) groups is 1. The lowest BCUT2D eigenvalue weighted by Crippen LogP contribution is -2.63. The number of aliphatic hydroxyl groups excluding tert-OH is 1. The monoisotopic (exact) mass is 261 g/mol. The molecule has 0 aromatic carbocycles. The molecule has 2 rings (SSSR count). The first-order chi connectivity index (χ1) is 7.49. The minimum Gasteiger partial charge on any atom is -0.479 e. The van der Waals surface area contributed by atoms with Crippen LogP contribution in [0.2, 0.25) is 0 Å². The molecule has 4 unspecified atom stereocenters. The smallest absolute Gasteiger partial charge is 0.331 e. The molecule has 1 amide bonds. The standard InChI is InChI=1S/C9H11NO4S2/c1-3(11)5-7(12)10-6(9(13)14)4(2-15)16-8(5)10/h2-3,5-6,8,11,15H,1H3,(H,13,14). The molecule has 0 aromatic heterocycles. The van der Waals surface area contributed by atoms with Crippen molar-refractivity contribution in [2.75, 3.05) is 0 Å². The Kier molecular flexibility index (Phi) is 2.93. The third-order valence-electron chi connectivity index (χ3n) is 2.81. The normalized spacial score (nSPS) is 37.2. The first-order valence-corrected chi connectivity index (χ1v) is 6.12. The molecule has 0 radical (unpaired) electrons. The van der Waals surface area contributed by atoms with Crippen LogP contribution < -0.4 is 0 Å². The number of thiol groups is 1. The van der Waals surface area contributed by atoms with Gasteiger partial charge in [0.15, 0.2) is 6.04 Å². The molecule has 7 heteroatoms. The van der Waals surface area contributed by atoms with E-state index in [9.17, 15) is 14.7 Å². The van der Waals surface area contributed by atoms with Crippen molar-refractivity contribution in [1.29, 1.82) is 0 Å². The molecule has 0 aromatic rings. The number of rotatable bonds is 2. The SMILES string of the molecule is CC(O)C1C(=O)N2C(C(=O)O)C(=CS)SC12. The van der Waals surface area contributed by atoms with E-state index in [0.29, 0.717) is 4.91 Å². The minimum absolute atomic E-state index is 0.271. The average Bonchev–Trinajstić information content (AvgIpc) is 2.51. The van der Waals surface area contributed by atoms with Gasteiger partial charge in [0.2, 0.25) is 5.91 Å². The molecule has 2 heterocycles. The largest absolute Gasteiger partial charge is 0.479 e. The van der Waals surface area contributed by atoms with Gasteiger partial charge in [0, 0.05) is 4.91 Å². The van der Waals surface area contributed by atoms with Crippen LogP contribution in [0.25, 0.3) is 0 Å². The quantitative estimate of drug-likeness (QED) is 0.486. The van der Waals surface area contributed by atoms with Crippen molar-refractivity contribution in [3.8, 4) is 0 Å². The van der Waals surface area contributed by atoms with Crippen molar-refractivity contribution < 1.29 is 19.8 Å². The predicted octanol–water partition coefficient (Wildman–Crippen LogP) is 0.123. The summed E-state index contributed by atoms with van der Waals surface area (Å²) in [5.41, 5.74) is 0. The lowest BCUT2D eigenvalue weighted by molar-refractivity contribution is -0.165. The van der Waals surface area contributed by atoms with Crippen molar-refractivity contribution >= 4 is 36.3 Å². The van der Waals surface area contributed by atoms with Gasteiger partial charge < -0.3 is 15.1 Å². The molecule has 16 heavy (non-hydrogen) atoms. The molecule has 5 nitrogen and oxygen atoms in total. The molecule has 2 fully saturated rings. The number of carbonyl (C=O) groups is 2. The van der Waals surface area contributed by atoms with E-state index in [2.05, 4.69) is 12.6 Å². The molecule has 2 N–H and O–H groups in total. The Balaban J connectivity index is 2.28. The van der Waals surface area contributed by atoms with E-state index in [1.54, 1.807) is 6.92 Å². The van der Waals surface area contributed by atoms with Gasteiger partial charge in [0.05, 0.1) is 17.4 Å². The van der Waals surface area contributed by atoms with Gasteiger partial charge in [-0.3, -0.25) is 4.79 Å². The molecule has 2 aliphatic rings. The lowest BCUT2D eigenvalue weighted by Gasteiger charge is -2.44. The zero-order valence-electron chi connectivity index (χ0n) is 8.40. The van der Waals surface area contributed by atoms with Gasteiger partial charge in [-0.05, 0) is 12.3 Å². The van der Waals surface area contributed by atoms with Gasteiger partial charge in [-0.2, -0.15) is 12.6 Å². The number of amides is 1. The van der Waals surface area contributed by atoms with Crippen molar-refractivity contribution in [3.63, 3.8) is 0 Å². The molecule has 0 saturated carbocycles. The number of fused-ring (bicyclic) bond motifs is 1. The van der Waals surface area contributed by atoms with Crippen LogP contribution in [0, 0.1) is 5.92 Å². The van der Waals surface area contributed by atoms with Crippen LogP contribution in [-0.2, 0) is 9.59 Å². The number of carboxylic acid groups (broad SMARTS) is 1. The maximum Gasteiger partial charge on any atom is 0.331 e. The Morgan fingerprint density at radius 2 is 2.31 bits per heavy atom. The van der Waals surface area contributed by atoms with Crippen molar-refractivity contribution in [2.45, 2.75) is 24.4 Å². The number of hydrogen-bond donors (Lipinski definition) is 3. The van der Waals surface area contributed by atoms with Crippen LogP contribution in [0.15, 0.2) is 10.3 Å². The number of β-lactam (4-membered cyclic amide) rings is 1. The van der Waals surface area contributed by atoms with E-state index in [1.165, 1.54) is 22.1 Å². The van der Waals surface area contributed by atoms with Crippen LogP contribution in [0.3, 0.4) is 0 Å². The summed E-state index contributed by atoms with van der Waals surface area (Å²) in [6.45, 7) is 1.54. The highest BCUT2D eigenvalue weighted by atomic mass is 32.2. The molecule has 2 aliphatic heterocycles. The number of aliphatic carboxylic acids is 1. The molecule has 2 saturated heterocycles. The zero-order chi connectivity index (χ0) is 12.0. The van der Waals surface area contributed by atoms with E-state index in [1.807, 2.05) is 0 Å². The second kappa shape index (κ2) is 3.97. The van der Waals surface area contributed by atoms with Crippen LogP contribution >= 0.6 is 24.4 Å². The van der Waals surface area contributed by atoms with E-state index in [0.717, 1.165) is 0 Å². The highest BCUT2D eigenvalue weighted by Crippen LogP contribution is 2.50. The Morgan fingerprint density at radius 1 is 1.69 bits per heavy atom. The van der Waals surface area contributed by atoms with Crippen LogP contribution in [0.5, 0.6) is 0 Å². The summed E-state index contributed by atoms with van der Waals surface area (Å²) in [6, 6.07) is -0.935. The van der Waals surface area contributed by atoms with Gasteiger partial charge in [0.1, 0.15) is 0 Å². The van der Waals surface area contributed by atoms with Crippen molar-refractivity contribution in [1.82, 2.24) is 4.90 Å². The average molecular weight is 261 g/mol. The van der Waals surface area contributed by atoms with Gasteiger partial charge in [-0.1, -0.05) is 0 Å². The van der Waals surface area contributed by atoms with E-state index < -0.39 is 24.0 Å². The fraction of sp³-hybridized carbons (Fsp3) is 0.556. The maximum absolute atomic E-state index is 11.7. The highest BCUT2D eigenvalue weighted by Gasteiger charge is 2.60. The van der Waals surface area contributed by atoms with Gasteiger partial charge in [0.25, 0.3) is 0 Å².